The number of aromatic nitrogens is 1. The SMILES string of the molecule is CC(C)(C)OCCC(NC(=O)c1[nH]c2ccc(F)cc2c1Cl)C(=O)O. The highest BCUT2D eigenvalue weighted by Crippen LogP contribution is 2.28. The number of hydrogen-bond donors (Lipinski definition) is 3. The summed E-state index contributed by atoms with van der Waals surface area (Å²) in [6.07, 6.45) is 0.102. The minimum atomic E-state index is -1.18. The summed E-state index contributed by atoms with van der Waals surface area (Å²) in [6, 6.07) is 2.77. The van der Waals surface area contributed by atoms with Crippen molar-refractivity contribution in [3.05, 3.63) is 34.7 Å². The van der Waals surface area contributed by atoms with Crippen LogP contribution in [0.5, 0.6) is 0 Å². The van der Waals surface area contributed by atoms with Crippen LogP contribution >= 0.6 is 11.6 Å². The Morgan fingerprint density at radius 1 is 1.40 bits per heavy atom. The number of aromatic amines is 1. The Bertz CT molecular complexity index is 798. The molecule has 0 fully saturated rings. The molecule has 6 nitrogen and oxygen atoms in total. The van der Waals surface area contributed by atoms with E-state index in [1.807, 2.05) is 20.8 Å². The Hall–Kier alpha value is -2.12. The number of carboxylic acids is 1. The summed E-state index contributed by atoms with van der Waals surface area (Å²) in [7, 11) is 0. The highest BCUT2D eigenvalue weighted by molar-refractivity contribution is 6.38. The van der Waals surface area contributed by atoms with Crippen molar-refractivity contribution < 1.29 is 23.8 Å². The van der Waals surface area contributed by atoms with Crippen LogP contribution in [0.3, 0.4) is 0 Å². The van der Waals surface area contributed by atoms with Crippen molar-refractivity contribution >= 4 is 34.4 Å². The topological polar surface area (TPSA) is 91.4 Å². The third kappa shape index (κ3) is 4.93. The molecule has 1 heterocycles. The number of halogens is 2. The van der Waals surface area contributed by atoms with Gasteiger partial charge in [-0.3, -0.25) is 4.79 Å². The van der Waals surface area contributed by atoms with E-state index in [1.165, 1.54) is 18.2 Å². The molecule has 3 N–H and O–H groups in total. The zero-order valence-electron chi connectivity index (χ0n) is 14.2. The Morgan fingerprint density at radius 2 is 2.08 bits per heavy atom. The molecular formula is C17H20ClFN2O4. The van der Waals surface area contributed by atoms with Gasteiger partial charge in [0.1, 0.15) is 17.6 Å². The van der Waals surface area contributed by atoms with Gasteiger partial charge in [-0.1, -0.05) is 11.6 Å². The summed E-state index contributed by atoms with van der Waals surface area (Å²) in [4.78, 5) is 26.5. The maximum absolute atomic E-state index is 13.3. The molecule has 1 unspecified atom stereocenters. The first-order chi connectivity index (χ1) is 11.6. The van der Waals surface area contributed by atoms with Gasteiger partial charge in [-0.15, -0.1) is 0 Å². The second-order valence-electron chi connectivity index (χ2n) is 6.62. The van der Waals surface area contributed by atoms with Crippen molar-refractivity contribution in [1.29, 1.82) is 0 Å². The number of aliphatic carboxylic acids is 1. The van der Waals surface area contributed by atoms with E-state index in [1.54, 1.807) is 0 Å². The number of fused-ring (bicyclic) bond motifs is 1. The third-order valence-corrected chi connectivity index (χ3v) is 3.86. The third-order valence-electron chi connectivity index (χ3n) is 3.47. The standard InChI is InChI=1S/C17H20ClFN2O4/c1-17(2,3)25-7-6-12(16(23)24)21-15(22)14-13(18)10-8-9(19)4-5-11(10)20-14/h4-5,8,12,20H,6-7H2,1-3H3,(H,21,22)(H,23,24). The molecule has 1 amide bonds. The number of carbonyl (C=O) groups is 2. The Labute approximate surface area is 149 Å². The van der Waals surface area contributed by atoms with Gasteiger partial charge in [-0.05, 0) is 39.0 Å². The fourth-order valence-electron chi connectivity index (χ4n) is 2.26. The minimum absolute atomic E-state index is 0.00902. The van der Waals surface area contributed by atoms with E-state index in [-0.39, 0.29) is 23.7 Å². The average Bonchev–Trinajstić information content (AvgIpc) is 2.81. The summed E-state index contributed by atoms with van der Waals surface area (Å²) < 4.78 is 18.8. The quantitative estimate of drug-likeness (QED) is 0.727. The number of rotatable bonds is 6. The molecule has 0 aliphatic carbocycles. The number of ether oxygens (including phenoxy) is 1. The van der Waals surface area contributed by atoms with E-state index in [0.717, 1.165) is 0 Å². The number of amides is 1. The van der Waals surface area contributed by atoms with Gasteiger partial charge in [-0.25, -0.2) is 9.18 Å². The van der Waals surface area contributed by atoms with E-state index in [4.69, 9.17) is 16.3 Å². The molecule has 1 aromatic carbocycles. The van der Waals surface area contributed by atoms with Crippen LogP contribution in [0.4, 0.5) is 4.39 Å². The Balaban J connectivity index is 2.13. The maximum Gasteiger partial charge on any atom is 0.326 e. The van der Waals surface area contributed by atoms with Crippen molar-refractivity contribution in [3.63, 3.8) is 0 Å². The van der Waals surface area contributed by atoms with Gasteiger partial charge in [0.05, 0.1) is 10.6 Å². The number of nitrogens with one attached hydrogen (secondary N) is 2. The van der Waals surface area contributed by atoms with Crippen molar-refractivity contribution in [2.24, 2.45) is 0 Å². The van der Waals surface area contributed by atoms with Gasteiger partial charge in [-0.2, -0.15) is 0 Å². The van der Waals surface area contributed by atoms with Crippen LogP contribution in [0.1, 0.15) is 37.7 Å². The van der Waals surface area contributed by atoms with Crippen LogP contribution in [-0.2, 0) is 9.53 Å². The smallest absolute Gasteiger partial charge is 0.326 e. The summed E-state index contributed by atoms with van der Waals surface area (Å²) in [6.45, 7) is 5.73. The van der Waals surface area contributed by atoms with Crippen LogP contribution in [-0.4, -0.2) is 40.2 Å². The van der Waals surface area contributed by atoms with Crippen LogP contribution in [0, 0.1) is 5.82 Å². The summed E-state index contributed by atoms with van der Waals surface area (Å²) in [5.41, 5.74) is 0.0715. The molecule has 0 aliphatic heterocycles. The van der Waals surface area contributed by atoms with E-state index < -0.39 is 29.3 Å². The molecule has 0 aliphatic rings. The van der Waals surface area contributed by atoms with Gasteiger partial charge in [0.2, 0.25) is 0 Å². The molecule has 0 radical (unpaired) electrons. The fourth-order valence-corrected chi connectivity index (χ4v) is 2.55. The molecule has 8 heteroatoms. The van der Waals surface area contributed by atoms with Crippen molar-refractivity contribution in [2.45, 2.75) is 38.8 Å². The van der Waals surface area contributed by atoms with Gasteiger partial charge in [0.25, 0.3) is 5.91 Å². The normalized spacial score (nSPS) is 13.0. The first kappa shape index (κ1) is 19.2. The lowest BCUT2D eigenvalue weighted by molar-refractivity contribution is -0.140. The second kappa shape index (κ2) is 7.41. The predicted octanol–water partition coefficient (Wildman–Crippen LogP) is 3.35. The van der Waals surface area contributed by atoms with Crippen molar-refractivity contribution in [3.8, 4) is 0 Å². The average molecular weight is 371 g/mol. The first-order valence-corrected chi connectivity index (χ1v) is 8.10. The molecule has 136 valence electrons. The maximum atomic E-state index is 13.3. The fraction of sp³-hybridized carbons (Fsp3) is 0.412. The highest BCUT2D eigenvalue weighted by Gasteiger charge is 2.24. The van der Waals surface area contributed by atoms with Crippen LogP contribution < -0.4 is 5.32 Å². The predicted molar refractivity (Wildman–Crippen MR) is 92.5 cm³/mol. The first-order valence-electron chi connectivity index (χ1n) is 7.73. The number of H-pyrrole nitrogens is 1. The molecule has 0 saturated heterocycles. The van der Waals surface area contributed by atoms with Crippen molar-refractivity contribution in [2.75, 3.05) is 6.61 Å². The van der Waals surface area contributed by atoms with E-state index in [2.05, 4.69) is 10.3 Å². The number of carboxylic acid groups (broad SMARTS) is 1. The molecule has 1 aromatic heterocycles. The van der Waals surface area contributed by atoms with Crippen molar-refractivity contribution in [1.82, 2.24) is 10.3 Å². The lowest BCUT2D eigenvalue weighted by atomic mass is 10.1. The second-order valence-corrected chi connectivity index (χ2v) is 7.00. The summed E-state index contributed by atoms with van der Waals surface area (Å²) >= 11 is 6.12. The molecule has 1 atom stereocenters. The monoisotopic (exact) mass is 370 g/mol. The van der Waals surface area contributed by atoms with Crippen LogP contribution in [0.25, 0.3) is 10.9 Å². The highest BCUT2D eigenvalue weighted by atomic mass is 35.5. The number of benzene rings is 1. The minimum Gasteiger partial charge on any atom is -0.480 e. The summed E-state index contributed by atoms with van der Waals surface area (Å²) in [5.74, 6) is -2.34. The van der Waals surface area contributed by atoms with E-state index in [0.29, 0.717) is 10.9 Å². The summed E-state index contributed by atoms with van der Waals surface area (Å²) in [5, 5.41) is 12.1. The van der Waals surface area contributed by atoms with Gasteiger partial charge in [0.15, 0.2) is 0 Å². The lowest BCUT2D eigenvalue weighted by Crippen LogP contribution is -2.42. The molecule has 2 rings (SSSR count). The zero-order chi connectivity index (χ0) is 18.8. The van der Waals surface area contributed by atoms with Crippen LogP contribution in [0.2, 0.25) is 5.02 Å². The lowest BCUT2D eigenvalue weighted by Gasteiger charge is -2.21. The zero-order valence-corrected chi connectivity index (χ0v) is 14.9. The van der Waals surface area contributed by atoms with Gasteiger partial charge < -0.3 is 20.1 Å². The van der Waals surface area contributed by atoms with Gasteiger partial charge in [0, 0.05) is 23.9 Å². The Morgan fingerprint density at radius 3 is 2.68 bits per heavy atom. The molecule has 0 spiro atoms. The molecule has 2 aromatic rings. The Kier molecular flexibility index (Phi) is 5.69. The molecular weight excluding hydrogens is 351 g/mol. The number of hydrogen-bond acceptors (Lipinski definition) is 3. The molecule has 0 saturated carbocycles. The molecule has 0 bridgehead atoms. The molecule has 25 heavy (non-hydrogen) atoms. The van der Waals surface area contributed by atoms with E-state index >= 15 is 0 Å². The van der Waals surface area contributed by atoms with Crippen LogP contribution in [0.15, 0.2) is 18.2 Å². The van der Waals surface area contributed by atoms with E-state index in [9.17, 15) is 19.1 Å². The largest absolute Gasteiger partial charge is 0.480 e. The van der Waals surface area contributed by atoms with Gasteiger partial charge >= 0.3 is 5.97 Å². The number of carbonyl (C=O) groups excluding carboxylic acids is 1.